The topological polar surface area (TPSA) is 44.8 Å². The maximum atomic E-state index is 12.9. The van der Waals surface area contributed by atoms with Crippen LogP contribution >= 0.6 is 0 Å². The van der Waals surface area contributed by atoms with Crippen LogP contribution in [0.1, 0.15) is 19.4 Å². The van der Waals surface area contributed by atoms with Crippen molar-refractivity contribution in [2.45, 2.75) is 26.1 Å². The van der Waals surface area contributed by atoms with Gasteiger partial charge in [-0.25, -0.2) is 9.18 Å². The average molecular weight is 318 g/mol. The third kappa shape index (κ3) is 4.71. The van der Waals surface area contributed by atoms with Crippen molar-refractivity contribution in [1.29, 1.82) is 0 Å². The molecule has 122 valence electrons. The Hall–Kier alpha value is -2.56. The summed E-state index contributed by atoms with van der Waals surface area (Å²) in [7, 11) is 1.57. The lowest BCUT2D eigenvalue weighted by molar-refractivity contribution is -0.160. The first-order chi connectivity index (χ1) is 10.9. The molecule has 0 aliphatic rings. The smallest absolute Gasteiger partial charge is 0.350 e. The molecule has 0 N–H and O–H groups in total. The summed E-state index contributed by atoms with van der Waals surface area (Å²) in [6.45, 7) is 3.32. The summed E-state index contributed by atoms with van der Waals surface area (Å²) in [4.78, 5) is 12.2. The summed E-state index contributed by atoms with van der Waals surface area (Å²) >= 11 is 0. The molecule has 0 fully saturated rings. The second kappa shape index (κ2) is 7.13. The van der Waals surface area contributed by atoms with Crippen LogP contribution < -0.4 is 9.47 Å². The molecule has 0 bridgehead atoms. The fraction of sp³-hybridized carbons (Fsp3) is 0.278. The first-order valence-electron chi connectivity index (χ1n) is 7.15. The Morgan fingerprint density at radius 2 is 1.78 bits per heavy atom. The van der Waals surface area contributed by atoms with E-state index in [1.807, 2.05) is 18.2 Å². The molecule has 0 spiro atoms. The number of carbonyl (C=O) groups excluding carboxylic acids is 1. The standard InChI is InChI=1S/C18H19FO4/c1-18(2,23-15-9-7-14(19)8-10-15)17(20)22-12-13-5-4-6-16(11-13)21-3/h4-11H,12H2,1-3H3. The van der Waals surface area contributed by atoms with E-state index in [1.165, 1.54) is 24.3 Å². The van der Waals surface area contributed by atoms with Gasteiger partial charge in [0.1, 0.15) is 23.9 Å². The number of hydrogen-bond acceptors (Lipinski definition) is 4. The molecule has 2 aromatic rings. The third-order valence-corrected chi connectivity index (χ3v) is 3.18. The first kappa shape index (κ1) is 16.8. The van der Waals surface area contributed by atoms with Gasteiger partial charge in [-0.3, -0.25) is 0 Å². The maximum absolute atomic E-state index is 12.9. The van der Waals surface area contributed by atoms with Crippen LogP contribution in [-0.4, -0.2) is 18.7 Å². The molecule has 0 unspecified atom stereocenters. The zero-order chi connectivity index (χ0) is 16.9. The van der Waals surface area contributed by atoms with E-state index in [4.69, 9.17) is 14.2 Å². The Kier molecular flexibility index (Phi) is 5.21. The van der Waals surface area contributed by atoms with Gasteiger partial charge in [-0.1, -0.05) is 12.1 Å². The first-order valence-corrected chi connectivity index (χ1v) is 7.15. The van der Waals surface area contributed by atoms with Crippen molar-refractivity contribution < 1.29 is 23.4 Å². The second-order valence-electron chi connectivity index (χ2n) is 5.49. The average Bonchev–Trinajstić information content (AvgIpc) is 2.54. The minimum Gasteiger partial charge on any atom is -0.497 e. The fourth-order valence-corrected chi connectivity index (χ4v) is 1.92. The number of methoxy groups -OCH3 is 1. The largest absolute Gasteiger partial charge is 0.497 e. The molecule has 0 aliphatic heterocycles. The number of halogens is 1. The van der Waals surface area contributed by atoms with E-state index in [0.717, 1.165) is 5.56 Å². The number of esters is 1. The predicted octanol–water partition coefficient (Wildman–Crippen LogP) is 3.74. The molecule has 0 radical (unpaired) electrons. The third-order valence-electron chi connectivity index (χ3n) is 3.18. The van der Waals surface area contributed by atoms with Crippen LogP contribution in [0.2, 0.25) is 0 Å². The molecule has 5 heteroatoms. The molecule has 0 atom stereocenters. The van der Waals surface area contributed by atoms with Crippen LogP contribution in [0.5, 0.6) is 11.5 Å². The summed E-state index contributed by atoms with van der Waals surface area (Å²) in [5, 5.41) is 0. The minimum absolute atomic E-state index is 0.117. The summed E-state index contributed by atoms with van der Waals surface area (Å²) in [6, 6.07) is 12.7. The van der Waals surface area contributed by atoms with E-state index in [1.54, 1.807) is 27.0 Å². The molecular formula is C18H19FO4. The van der Waals surface area contributed by atoms with Crippen molar-refractivity contribution in [1.82, 2.24) is 0 Å². The van der Waals surface area contributed by atoms with E-state index in [2.05, 4.69) is 0 Å². The fourth-order valence-electron chi connectivity index (χ4n) is 1.92. The molecule has 2 rings (SSSR count). The Bertz CT molecular complexity index is 665. The van der Waals surface area contributed by atoms with Gasteiger partial charge < -0.3 is 14.2 Å². The van der Waals surface area contributed by atoms with Gasteiger partial charge in [-0.05, 0) is 55.8 Å². The van der Waals surface area contributed by atoms with Gasteiger partial charge in [0.15, 0.2) is 5.60 Å². The highest BCUT2D eigenvalue weighted by atomic mass is 19.1. The number of carbonyl (C=O) groups is 1. The van der Waals surface area contributed by atoms with Crippen molar-refractivity contribution in [3.05, 3.63) is 59.9 Å². The molecule has 0 saturated carbocycles. The van der Waals surface area contributed by atoms with Crippen molar-refractivity contribution >= 4 is 5.97 Å². The van der Waals surface area contributed by atoms with Crippen molar-refractivity contribution in [3.63, 3.8) is 0 Å². The van der Waals surface area contributed by atoms with Crippen LogP contribution in [0.4, 0.5) is 4.39 Å². The van der Waals surface area contributed by atoms with Gasteiger partial charge in [0.2, 0.25) is 0 Å². The van der Waals surface area contributed by atoms with Crippen LogP contribution in [0, 0.1) is 5.82 Å². The highest BCUT2D eigenvalue weighted by Crippen LogP contribution is 2.21. The Morgan fingerprint density at radius 1 is 1.09 bits per heavy atom. The molecule has 0 amide bonds. The highest BCUT2D eigenvalue weighted by Gasteiger charge is 2.32. The van der Waals surface area contributed by atoms with Gasteiger partial charge >= 0.3 is 5.97 Å². The SMILES string of the molecule is COc1cccc(COC(=O)C(C)(C)Oc2ccc(F)cc2)c1. The van der Waals surface area contributed by atoms with E-state index in [-0.39, 0.29) is 12.4 Å². The summed E-state index contributed by atoms with van der Waals surface area (Å²) in [5.41, 5.74) is -0.369. The van der Waals surface area contributed by atoms with E-state index in [9.17, 15) is 9.18 Å². The number of hydrogen-bond donors (Lipinski definition) is 0. The van der Waals surface area contributed by atoms with Gasteiger partial charge in [0.25, 0.3) is 0 Å². The molecule has 0 aliphatic carbocycles. The lowest BCUT2D eigenvalue weighted by Gasteiger charge is -2.24. The quantitative estimate of drug-likeness (QED) is 0.761. The molecule has 2 aromatic carbocycles. The molecule has 23 heavy (non-hydrogen) atoms. The number of ether oxygens (including phenoxy) is 3. The van der Waals surface area contributed by atoms with Crippen LogP contribution in [-0.2, 0) is 16.1 Å². The lowest BCUT2D eigenvalue weighted by atomic mass is 10.1. The van der Waals surface area contributed by atoms with Gasteiger partial charge in [0.05, 0.1) is 7.11 Å². The maximum Gasteiger partial charge on any atom is 0.350 e. The Morgan fingerprint density at radius 3 is 2.43 bits per heavy atom. The monoisotopic (exact) mass is 318 g/mol. The van der Waals surface area contributed by atoms with Gasteiger partial charge in [0, 0.05) is 0 Å². The van der Waals surface area contributed by atoms with Crippen LogP contribution in [0.15, 0.2) is 48.5 Å². The highest BCUT2D eigenvalue weighted by molar-refractivity contribution is 5.79. The van der Waals surface area contributed by atoms with Crippen LogP contribution in [0.25, 0.3) is 0 Å². The van der Waals surface area contributed by atoms with E-state index in [0.29, 0.717) is 11.5 Å². The second-order valence-corrected chi connectivity index (χ2v) is 5.49. The summed E-state index contributed by atoms with van der Waals surface area (Å²) < 4.78 is 28.9. The molecule has 4 nitrogen and oxygen atoms in total. The normalized spacial score (nSPS) is 11.0. The van der Waals surface area contributed by atoms with Crippen molar-refractivity contribution in [3.8, 4) is 11.5 Å². The summed E-state index contributed by atoms with van der Waals surface area (Å²) in [5.74, 6) is 0.218. The van der Waals surface area contributed by atoms with Crippen molar-refractivity contribution in [2.75, 3.05) is 7.11 Å². The zero-order valence-electron chi connectivity index (χ0n) is 13.3. The van der Waals surface area contributed by atoms with Gasteiger partial charge in [-0.15, -0.1) is 0 Å². The molecule has 0 aromatic heterocycles. The molecular weight excluding hydrogens is 299 g/mol. The Balaban J connectivity index is 1.96. The Labute approximate surface area is 134 Å². The minimum atomic E-state index is -1.18. The number of benzene rings is 2. The molecule has 0 saturated heterocycles. The van der Waals surface area contributed by atoms with Crippen molar-refractivity contribution in [2.24, 2.45) is 0 Å². The summed E-state index contributed by atoms with van der Waals surface area (Å²) in [6.07, 6.45) is 0. The predicted molar refractivity (Wildman–Crippen MR) is 83.9 cm³/mol. The molecule has 0 heterocycles. The zero-order valence-corrected chi connectivity index (χ0v) is 13.3. The number of rotatable bonds is 6. The van der Waals surface area contributed by atoms with E-state index < -0.39 is 11.6 Å². The van der Waals surface area contributed by atoms with Crippen LogP contribution in [0.3, 0.4) is 0 Å². The lowest BCUT2D eigenvalue weighted by Crippen LogP contribution is -2.39. The van der Waals surface area contributed by atoms with Gasteiger partial charge in [-0.2, -0.15) is 0 Å². The van der Waals surface area contributed by atoms with E-state index >= 15 is 0 Å².